The van der Waals surface area contributed by atoms with Gasteiger partial charge in [-0.1, -0.05) is 0 Å². The fraction of sp³-hybridized carbons (Fsp3) is 0.667. The molecule has 120 valence electrons. The number of aromatic nitrogens is 2. The number of hydrogen-bond donors (Lipinski definition) is 1. The number of sulfonamides is 1. The molecule has 0 saturated heterocycles. The number of nitrogens with one attached hydrogen (secondary N) is 1. The minimum absolute atomic E-state index is 0.0729. The van der Waals surface area contributed by atoms with Crippen molar-refractivity contribution in [3.63, 3.8) is 0 Å². The molecule has 0 atom stereocenters. The third kappa shape index (κ3) is 4.51. The molecule has 9 heteroatoms. The summed E-state index contributed by atoms with van der Waals surface area (Å²) < 4.78 is 30.9. The number of rotatable bonds is 8. The van der Waals surface area contributed by atoms with Gasteiger partial charge in [-0.3, -0.25) is 5.10 Å². The summed E-state index contributed by atoms with van der Waals surface area (Å²) in [5.41, 5.74) is -0.0729. The highest BCUT2D eigenvalue weighted by Gasteiger charge is 2.29. The van der Waals surface area contributed by atoms with Crippen LogP contribution in [0.4, 0.5) is 0 Å². The van der Waals surface area contributed by atoms with E-state index in [-0.39, 0.29) is 17.2 Å². The molecule has 0 amide bonds. The fourth-order valence-electron chi connectivity index (χ4n) is 1.71. The van der Waals surface area contributed by atoms with Crippen LogP contribution in [0.1, 0.15) is 23.7 Å². The summed E-state index contributed by atoms with van der Waals surface area (Å²) in [6, 6.07) is 0. The second-order valence-corrected chi connectivity index (χ2v) is 6.80. The second kappa shape index (κ2) is 7.53. The van der Waals surface area contributed by atoms with E-state index in [4.69, 9.17) is 4.74 Å². The number of esters is 1. The average Bonchev–Trinajstić information content (AvgIpc) is 2.88. The normalized spacial score (nSPS) is 12.1. The van der Waals surface area contributed by atoms with Gasteiger partial charge in [0, 0.05) is 13.6 Å². The summed E-state index contributed by atoms with van der Waals surface area (Å²) in [6.07, 6.45) is 1.85. The lowest BCUT2D eigenvalue weighted by molar-refractivity contribution is 0.0521. The average molecular weight is 318 g/mol. The minimum atomic E-state index is -3.79. The van der Waals surface area contributed by atoms with Crippen molar-refractivity contribution < 1.29 is 17.9 Å². The van der Waals surface area contributed by atoms with E-state index in [2.05, 4.69) is 10.2 Å². The summed E-state index contributed by atoms with van der Waals surface area (Å²) in [5.74, 6) is -0.702. The molecule has 0 aliphatic heterocycles. The zero-order chi connectivity index (χ0) is 16.0. The van der Waals surface area contributed by atoms with Crippen molar-refractivity contribution in [3.8, 4) is 0 Å². The highest BCUT2D eigenvalue weighted by Crippen LogP contribution is 2.17. The lowest BCUT2D eigenvalue weighted by Gasteiger charge is -2.18. The number of carbonyl (C=O) groups is 1. The van der Waals surface area contributed by atoms with Gasteiger partial charge in [0.2, 0.25) is 0 Å². The summed E-state index contributed by atoms with van der Waals surface area (Å²) in [7, 11) is 1.52. The van der Waals surface area contributed by atoms with Crippen LogP contribution >= 0.6 is 0 Å². The third-order valence-corrected chi connectivity index (χ3v) is 4.68. The Morgan fingerprint density at radius 3 is 2.57 bits per heavy atom. The van der Waals surface area contributed by atoms with Gasteiger partial charge in [-0.2, -0.15) is 9.40 Å². The molecule has 0 saturated carbocycles. The van der Waals surface area contributed by atoms with Crippen molar-refractivity contribution in [2.45, 2.75) is 18.4 Å². The number of hydrogen-bond acceptors (Lipinski definition) is 6. The smallest absolute Gasteiger partial charge is 0.342 e. The van der Waals surface area contributed by atoms with Gasteiger partial charge in [-0.05, 0) is 34.0 Å². The molecular weight excluding hydrogens is 296 g/mol. The standard InChI is InChI=1S/C12H22N4O4S/c1-5-20-12(17)10-9-13-14-11(10)21(18,19)16(4)8-6-7-15(2)3/h9H,5-8H2,1-4H3,(H,13,14). The van der Waals surface area contributed by atoms with Gasteiger partial charge in [-0.15, -0.1) is 0 Å². The van der Waals surface area contributed by atoms with Gasteiger partial charge < -0.3 is 9.64 Å². The molecule has 0 unspecified atom stereocenters. The van der Waals surface area contributed by atoms with E-state index in [1.165, 1.54) is 17.5 Å². The Morgan fingerprint density at radius 2 is 2.00 bits per heavy atom. The van der Waals surface area contributed by atoms with Crippen LogP contribution in [0.15, 0.2) is 11.2 Å². The Kier molecular flexibility index (Phi) is 6.31. The maximum Gasteiger partial charge on any atom is 0.342 e. The summed E-state index contributed by atoms with van der Waals surface area (Å²) >= 11 is 0. The van der Waals surface area contributed by atoms with E-state index in [9.17, 15) is 13.2 Å². The molecule has 0 fully saturated rings. The minimum Gasteiger partial charge on any atom is -0.462 e. The predicted octanol–water partition coefficient (Wildman–Crippen LogP) is 0.159. The number of ether oxygens (including phenoxy) is 1. The highest BCUT2D eigenvalue weighted by atomic mass is 32.2. The molecule has 0 aliphatic rings. The Labute approximate surface area is 125 Å². The molecule has 1 aromatic rings. The van der Waals surface area contributed by atoms with Crippen molar-refractivity contribution in [1.29, 1.82) is 0 Å². The topological polar surface area (TPSA) is 95.6 Å². The van der Waals surface area contributed by atoms with Crippen molar-refractivity contribution >= 4 is 16.0 Å². The third-order valence-electron chi connectivity index (χ3n) is 2.85. The van der Waals surface area contributed by atoms with E-state index >= 15 is 0 Å². The van der Waals surface area contributed by atoms with Crippen LogP contribution < -0.4 is 0 Å². The van der Waals surface area contributed by atoms with E-state index < -0.39 is 16.0 Å². The van der Waals surface area contributed by atoms with Gasteiger partial charge in [-0.25, -0.2) is 13.2 Å². The highest BCUT2D eigenvalue weighted by molar-refractivity contribution is 7.89. The molecule has 0 bridgehead atoms. The van der Waals surface area contributed by atoms with Crippen LogP contribution in [-0.2, 0) is 14.8 Å². The Bertz CT molecular complexity index is 568. The summed E-state index contributed by atoms with van der Waals surface area (Å²) in [4.78, 5) is 13.7. The van der Waals surface area contributed by atoms with Gasteiger partial charge in [0.25, 0.3) is 10.0 Å². The lowest BCUT2D eigenvalue weighted by Crippen LogP contribution is -2.31. The van der Waals surface area contributed by atoms with Gasteiger partial charge in [0.05, 0.1) is 12.8 Å². The fourth-order valence-corrected chi connectivity index (χ4v) is 2.97. The predicted molar refractivity (Wildman–Crippen MR) is 77.5 cm³/mol. The number of carbonyl (C=O) groups excluding carboxylic acids is 1. The lowest BCUT2D eigenvalue weighted by atomic mass is 10.4. The quantitative estimate of drug-likeness (QED) is 0.686. The van der Waals surface area contributed by atoms with E-state index in [0.29, 0.717) is 13.0 Å². The van der Waals surface area contributed by atoms with Crippen molar-refractivity contribution in [2.75, 3.05) is 40.8 Å². The van der Waals surface area contributed by atoms with Gasteiger partial charge in [0.15, 0.2) is 5.03 Å². The maximum absolute atomic E-state index is 12.4. The summed E-state index contributed by atoms with van der Waals surface area (Å²) in [5, 5.41) is 5.79. The van der Waals surface area contributed by atoms with Crippen LogP contribution in [0, 0.1) is 0 Å². The molecule has 0 aliphatic carbocycles. The molecule has 1 rings (SSSR count). The van der Waals surface area contributed by atoms with E-state index in [1.807, 2.05) is 19.0 Å². The molecule has 0 aromatic carbocycles. The monoisotopic (exact) mass is 318 g/mol. The Balaban J connectivity index is 2.88. The zero-order valence-corrected chi connectivity index (χ0v) is 13.6. The SMILES string of the molecule is CCOC(=O)c1cn[nH]c1S(=O)(=O)N(C)CCCN(C)C. The first-order chi connectivity index (χ1) is 9.80. The van der Waals surface area contributed by atoms with Crippen molar-refractivity contribution in [1.82, 2.24) is 19.4 Å². The zero-order valence-electron chi connectivity index (χ0n) is 12.8. The Hall–Kier alpha value is -1.45. The van der Waals surface area contributed by atoms with Crippen LogP contribution in [0.2, 0.25) is 0 Å². The van der Waals surface area contributed by atoms with Gasteiger partial charge in [0.1, 0.15) is 5.56 Å². The first kappa shape index (κ1) is 17.6. The molecule has 8 nitrogen and oxygen atoms in total. The van der Waals surface area contributed by atoms with Crippen LogP contribution in [0.3, 0.4) is 0 Å². The number of aromatic amines is 1. The van der Waals surface area contributed by atoms with Crippen LogP contribution in [-0.4, -0.2) is 74.6 Å². The van der Waals surface area contributed by atoms with Crippen molar-refractivity contribution in [2.24, 2.45) is 0 Å². The van der Waals surface area contributed by atoms with Crippen molar-refractivity contribution in [3.05, 3.63) is 11.8 Å². The molecule has 21 heavy (non-hydrogen) atoms. The van der Waals surface area contributed by atoms with Gasteiger partial charge >= 0.3 is 5.97 Å². The molecule has 1 aromatic heterocycles. The van der Waals surface area contributed by atoms with Crippen LogP contribution in [0.25, 0.3) is 0 Å². The largest absolute Gasteiger partial charge is 0.462 e. The Morgan fingerprint density at radius 1 is 1.33 bits per heavy atom. The molecule has 0 spiro atoms. The summed E-state index contributed by atoms with van der Waals surface area (Å²) in [6.45, 7) is 2.94. The first-order valence-electron chi connectivity index (χ1n) is 6.62. The van der Waals surface area contributed by atoms with E-state index in [0.717, 1.165) is 6.54 Å². The first-order valence-corrected chi connectivity index (χ1v) is 8.06. The second-order valence-electron chi connectivity index (χ2n) is 4.82. The van der Waals surface area contributed by atoms with Crippen LogP contribution in [0.5, 0.6) is 0 Å². The number of H-pyrrole nitrogens is 1. The molecule has 1 heterocycles. The molecular formula is C12H22N4O4S. The number of nitrogens with zero attached hydrogens (tertiary/aromatic N) is 3. The molecule has 0 radical (unpaired) electrons. The van der Waals surface area contributed by atoms with E-state index in [1.54, 1.807) is 6.92 Å². The maximum atomic E-state index is 12.4. The molecule has 1 N–H and O–H groups in total.